The third-order valence-electron chi connectivity index (χ3n) is 1.51. The Hall–Kier alpha value is -0.990. The number of hydrogen-bond acceptors (Lipinski definition) is 2. The Morgan fingerprint density at radius 1 is 1.57 bits per heavy atom. The SMILES string of the molecule is NC(=O)c1c(C(F)F)cc(=O)[nH]c1I. The van der Waals surface area contributed by atoms with Gasteiger partial charge in [0.1, 0.15) is 0 Å². The van der Waals surface area contributed by atoms with Gasteiger partial charge in [-0.05, 0) is 22.6 Å². The molecule has 14 heavy (non-hydrogen) atoms. The Balaban J connectivity index is 3.52. The molecule has 0 aliphatic carbocycles. The lowest BCUT2D eigenvalue weighted by Crippen LogP contribution is -2.21. The van der Waals surface area contributed by atoms with Gasteiger partial charge in [0, 0.05) is 11.6 Å². The van der Waals surface area contributed by atoms with Crippen molar-refractivity contribution < 1.29 is 13.6 Å². The fraction of sp³-hybridized carbons (Fsp3) is 0.143. The van der Waals surface area contributed by atoms with Crippen molar-refractivity contribution in [2.75, 3.05) is 0 Å². The van der Waals surface area contributed by atoms with Crippen molar-refractivity contribution in [2.45, 2.75) is 6.43 Å². The van der Waals surface area contributed by atoms with Crippen molar-refractivity contribution in [1.29, 1.82) is 0 Å². The van der Waals surface area contributed by atoms with Crippen LogP contribution in [0.1, 0.15) is 22.3 Å². The van der Waals surface area contributed by atoms with Crippen LogP contribution in [0.15, 0.2) is 10.9 Å². The summed E-state index contributed by atoms with van der Waals surface area (Å²) in [5.74, 6) is -0.985. The molecule has 1 amide bonds. The molecule has 0 aliphatic heterocycles. The van der Waals surface area contributed by atoms with Crippen molar-refractivity contribution in [1.82, 2.24) is 4.98 Å². The van der Waals surface area contributed by atoms with Crippen LogP contribution >= 0.6 is 22.6 Å². The Kier molecular flexibility index (Phi) is 3.19. The summed E-state index contributed by atoms with van der Waals surface area (Å²) in [5.41, 5.74) is 3.25. The van der Waals surface area contributed by atoms with Gasteiger partial charge in [0.15, 0.2) is 0 Å². The first-order valence-electron chi connectivity index (χ1n) is 3.44. The maximum atomic E-state index is 12.4. The number of pyridine rings is 1. The summed E-state index contributed by atoms with van der Waals surface area (Å²) in [5, 5.41) is 0. The first-order chi connectivity index (χ1) is 6.43. The topological polar surface area (TPSA) is 76.0 Å². The normalized spacial score (nSPS) is 10.6. The molecule has 0 aromatic carbocycles. The molecule has 7 heteroatoms. The number of aromatic amines is 1. The zero-order valence-electron chi connectivity index (χ0n) is 6.68. The van der Waals surface area contributed by atoms with Gasteiger partial charge in [-0.15, -0.1) is 0 Å². The van der Waals surface area contributed by atoms with Crippen LogP contribution in [0, 0.1) is 3.70 Å². The standard InChI is InChI=1S/C7H5F2IN2O2/c8-5(9)2-1-3(13)12-6(10)4(2)7(11)14/h1,5H,(H2,11,14)(H,12,13). The third-order valence-corrected chi connectivity index (χ3v) is 2.32. The molecule has 1 heterocycles. The quantitative estimate of drug-likeness (QED) is 0.631. The average molecular weight is 314 g/mol. The molecule has 0 radical (unpaired) electrons. The number of hydrogen-bond donors (Lipinski definition) is 2. The summed E-state index contributed by atoms with van der Waals surface area (Å²) in [6, 6.07) is 0.674. The van der Waals surface area contributed by atoms with Gasteiger partial charge < -0.3 is 10.7 Å². The van der Waals surface area contributed by atoms with Crippen LogP contribution in [-0.2, 0) is 0 Å². The molecule has 3 N–H and O–H groups in total. The third kappa shape index (κ3) is 2.08. The lowest BCUT2D eigenvalue weighted by Gasteiger charge is -2.06. The van der Waals surface area contributed by atoms with Crippen LogP contribution in [0.3, 0.4) is 0 Å². The van der Waals surface area contributed by atoms with Gasteiger partial charge in [-0.2, -0.15) is 0 Å². The average Bonchev–Trinajstić information content (AvgIpc) is 2.01. The maximum absolute atomic E-state index is 12.4. The van der Waals surface area contributed by atoms with Gasteiger partial charge in [0.2, 0.25) is 5.56 Å². The fourth-order valence-corrected chi connectivity index (χ4v) is 1.81. The van der Waals surface area contributed by atoms with Gasteiger partial charge in [-0.1, -0.05) is 0 Å². The maximum Gasteiger partial charge on any atom is 0.264 e. The first kappa shape index (κ1) is 11.1. The van der Waals surface area contributed by atoms with Crippen LogP contribution < -0.4 is 11.3 Å². The highest BCUT2D eigenvalue weighted by atomic mass is 127. The summed E-state index contributed by atoms with van der Waals surface area (Å²) in [4.78, 5) is 23.9. The monoisotopic (exact) mass is 314 g/mol. The molecule has 0 saturated heterocycles. The number of H-pyrrole nitrogens is 1. The molecule has 4 nitrogen and oxygen atoms in total. The van der Waals surface area contributed by atoms with Gasteiger partial charge in [-0.25, -0.2) is 8.78 Å². The number of halogens is 3. The largest absolute Gasteiger partial charge is 0.366 e. The number of primary amides is 1. The molecule has 0 atom stereocenters. The van der Waals surface area contributed by atoms with Gasteiger partial charge in [-0.3, -0.25) is 9.59 Å². The van der Waals surface area contributed by atoms with E-state index in [0.717, 1.165) is 0 Å². The number of nitrogens with one attached hydrogen (secondary N) is 1. The Morgan fingerprint density at radius 2 is 2.14 bits per heavy atom. The van der Waals surface area contributed by atoms with E-state index in [0.29, 0.717) is 6.07 Å². The first-order valence-corrected chi connectivity index (χ1v) is 4.52. The second-order valence-corrected chi connectivity index (χ2v) is 3.52. The van der Waals surface area contributed by atoms with Crippen molar-refractivity contribution in [3.63, 3.8) is 0 Å². The molecule has 0 aliphatic rings. The molecule has 0 saturated carbocycles. The van der Waals surface area contributed by atoms with E-state index >= 15 is 0 Å². The molecular weight excluding hydrogens is 309 g/mol. The van der Waals surface area contributed by atoms with Gasteiger partial charge in [0.25, 0.3) is 12.3 Å². The van der Waals surface area contributed by atoms with Gasteiger partial charge >= 0.3 is 0 Å². The Labute approximate surface area is 90.6 Å². The number of carbonyl (C=O) groups is 1. The highest BCUT2D eigenvalue weighted by molar-refractivity contribution is 14.1. The van der Waals surface area contributed by atoms with Crippen LogP contribution in [-0.4, -0.2) is 10.9 Å². The second-order valence-electron chi connectivity index (χ2n) is 2.44. The summed E-state index contributed by atoms with van der Waals surface area (Å²) >= 11 is 1.57. The molecule has 0 spiro atoms. The van der Waals surface area contributed by atoms with E-state index in [9.17, 15) is 18.4 Å². The number of amides is 1. The predicted octanol–water partition coefficient (Wildman–Crippen LogP) is 1.02. The zero-order chi connectivity index (χ0) is 10.9. The van der Waals surface area contributed by atoms with Crippen LogP contribution in [0.2, 0.25) is 0 Å². The van der Waals surface area contributed by atoms with Crippen molar-refractivity contribution in [3.8, 4) is 0 Å². The van der Waals surface area contributed by atoms with Crippen molar-refractivity contribution in [2.24, 2.45) is 5.73 Å². The molecule has 0 fully saturated rings. The highest BCUT2D eigenvalue weighted by Gasteiger charge is 2.20. The van der Waals surface area contributed by atoms with Gasteiger partial charge in [0.05, 0.1) is 9.26 Å². The number of alkyl halides is 2. The van der Waals surface area contributed by atoms with E-state index < -0.39 is 23.5 Å². The molecular formula is C7H5F2IN2O2. The van der Waals surface area contributed by atoms with E-state index in [1.54, 1.807) is 22.6 Å². The highest BCUT2D eigenvalue weighted by Crippen LogP contribution is 2.23. The Bertz CT molecular complexity index is 430. The lowest BCUT2D eigenvalue weighted by atomic mass is 10.1. The molecule has 1 rings (SSSR count). The lowest BCUT2D eigenvalue weighted by molar-refractivity contribution is 0.0984. The fourth-order valence-electron chi connectivity index (χ4n) is 0.969. The molecule has 1 aromatic heterocycles. The molecule has 0 unspecified atom stereocenters. The number of carbonyl (C=O) groups excluding carboxylic acids is 1. The van der Waals surface area contributed by atoms with E-state index in [4.69, 9.17) is 5.73 Å². The van der Waals surface area contributed by atoms with E-state index in [1.807, 2.05) is 0 Å². The van der Waals surface area contributed by atoms with E-state index in [-0.39, 0.29) is 9.26 Å². The van der Waals surface area contributed by atoms with E-state index in [2.05, 4.69) is 4.98 Å². The smallest absolute Gasteiger partial charge is 0.264 e. The predicted molar refractivity (Wildman–Crippen MR) is 53.3 cm³/mol. The number of aromatic nitrogens is 1. The minimum absolute atomic E-state index is 0.0258. The van der Waals surface area contributed by atoms with Crippen molar-refractivity contribution >= 4 is 28.5 Å². The van der Waals surface area contributed by atoms with Crippen molar-refractivity contribution in [3.05, 3.63) is 31.2 Å². The number of rotatable bonds is 2. The molecule has 0 bridgehead atoms. The minimum atomic E-state index is -2.90. The summed E-state index contributed by atoms with van der Waals surface area (Å²) in [7, 11) is 0. The zero-order valence-corrected chi connectivity index (χ0v) is 8.84. The molecule has 76 valence electrons. The Morgan fingerprint density at radius 3 is 2.57 bits per heavy atom. The summed E-state index contributed by atoms with van der Waals surface area (Å²) in [6.07, 6.45) is -2.90. The number of nitrogens with two attached hydrogens (primary N) is 1. The second kappa shape index (κ2) is 4.03. The molecule has 1 aromatic rings. The van der Waals surface area contributed by atoms with Crippen LogP contribution in [0.5, 0.6) is 0 Å². The van der Waals surface area contributed by atoms with E-state index in [1.165, 1.54) is 0 Å². The minimum Gasteiger partial charge on any atom is -0.366 e. The van der Waals surface area contributed by atoms with Crippen LogP contribution in [0.4, 0.5) is 8.78 Å². The van der Waals surface area contributed by atoms with Crippen LogP contribution in [0.25, 0.3) is 0 Å². The summed E-state index contributed by atoms with van der Waals surface area (Å²) < 4.78 is 24.8. The summed E-state index contributed by atoms with van der Waals surface area (Å²) in [6.45, 7) is 0.